The summed E-state index contributed by atoms with van der Waals surface area (Å²) in [4.78, 5) is 4.23. The number of fused-ring (bicyclic) bond motifs is 1. The molecule has 1 aromatic carbocycles. The SMILES string of the molecule is Cc1cnn2c(-c3cccc(F)c3)c(N)cnc12. The molecule has 0 bridgehead atoms. The van der Waals surface area contributed by atoms with Gasteiger partial charge in [0.2, 0.25) is 0 Å². The van der Waals surface area contributed by atoms with Crippen LogP contribution < -0.4 is 5.73 Å². The Labute approximate surface area is 103 Å². The summed E-state index contributed by atoms with van der Waals surface area (Å²) in [7, 11) is 0. The van der Waals surface area contributed by atoms with Crippen molar-refractivity contribution in [2.45, 2.75) is 6.92 Å². The van der Waals surface area contributed by atoms with Gasteiger partial charge >= 0.3 is 0 Å². The minimum absolute atomic E-state index is 0.305. The molecule has 3 aromatic rings. The molecule has 0 amide bonds. The third kappa shape index (κ3) is 1.52. The van der Waals surface area contributed by atoms with Gasteiger partial charge in [-0.3, -0.25) is 0 Å². The minimum atomic E-state index is -0.305. The van der Waals surface area contributed by atoms with Crippen molar-refractivity contribution in [2.75, 3.05) is 5.73 Å². The maximum absolute atomic E-state index is 13.3. The van der Waals surface area contributed by atoms with Crippen molar-refractivity contribution in [1.82, 2.24) is 14.6 Å². The number of benzene rings is 1. The van der Waals surface area contributed by atoms with Gasteiger partial charge in [0.1, 0.15) is 5.82 Å². The summed E-state index contributed by atoms with van der Waals surface area (Å²) in [6, 6.07) is 6.27. The van der Waals surface area contributed by atoms with Gasteiger partial charge in [-0.1, -0.05) is 12.1 Å². The van der Waals surface area contributed by atoms with Crippen LogP contribution in [0.25, 0.3) is 16.9 Å². The lowest BCUT2D eigenvalue weighted by molar-refractivity contribution is 0.628. The summed E-state index contributed by atoms with van der Waals surface area (Å²) in [6.45, 7) is 1.92. The first-order valence-corrected chi connectivity index (χ1v) is 5.51. The van der Waals surface area contributed by atoms with Crippen LogP contribution in [0.15, 0.2) is 36.7 Å². The molecule has 2 N–H and O–H groups in total. The zero-order valence-corrected chi connectivity index (χ0v) is 9.76. The summed E-state index contributed by atoms with van der Waals surface area (Å²) >= 11 is 0. The molecule has 0 aliphatic heterocycles. The number of halogens is 1. The molecular weight excluding hydrogens is 231 g/mol. The predicted octanol–water partition coefficient (Wildman–Crippen LogP) is 2.43. The second kappa shape index (κ2) is 3.80. The van der Waals surface area contributed by atoms with Crippen molar-refractivity contribution >= 4 is 11.3 Å². The topological polar surface area (TPSA) is 56.2 Å². The summed E-state index contributed by atoms with van der Waals surface area (Å²) in [6.07, 6.45) is 3.29. The Kier molecular flexibility index (Phi) is 2.26. The molecule has 4 nitrogen and oxygen atoms in total. The average Bonchev–Trinajstić information content (AvgIpc) is 2.71. The molecule has 18 heavy (non-hydrogen) atoms. The lowest BCUT2D eigenvalue weighted by Gasteiger charge is -2.08. The van der Waals surface area contributed by atoms with E-state index in [1.165, 1.54) is 12.1 Å². The fourth-order valence-electron chi connectivity index (χ4n) is 1.98. The summed E-state index contributed by atoms with van der Waals surface area (Å²) in [5, 5.41) is 4.24. The molecule has 0 fully saturated rings. The highest BCUT2D eigenvalue weighted by atomic mass is 19.1. The van der Waals surface area contributed by atoms with Crippen LogP contribution in [0, 0.1) is 12.7 Å². The molecular formula is C13H11FN4. The minimum Gasteiger partial charge on any atom is -0.396 e. The van der Waals surface area contributed by atoms with Crippen molar-refractivity contribution in [3.63, 3.8) is 0 Å². The van der Waals surface area contributed by atoms with Gasteiger partial charge in [-0.2, -0.15) is 5.10 Å². The Bertz CT molecular complexity index is 733. The number of nitrogens with zero attached hydrogens (tertiary/aromatic N) is 3. The molecule has 0 spiro atoms. The largest absolute Gasteiger partial charge is 0.396 e. The van der Waals surface area contributed by atoms with E-state index in [0.717, 1.165) is 11.2 Å². The van der Waals surface area contributed by atoms with Crippen LogP contribution >= 0.6 is 0 Å². The van der Waals surface area contributed by atoms with E-state index < -0.39 is 0 Å². The van der Waals surface area contributed by atoms with E-state index >= 15 is 0 Å². The molecule has 0 atom stereocenters. The van der Waals surface area contributed by atoms with Gasteiger partial charge in [0.15, 0.2) is 5.65 Å². The van der Waals surface area contributed by atoms with Gasteiger partial charge in [-0.15, -0.1) is 0 Å². The molecule has 0 unspecified atom stereocenters. The van der Waals surface area contributed by atoms with E-state index in [4.69, 9.17) is 5.73 Å². The molecule has 2 heterocycles. The van der Waals surface area contributed by atoms with Crippen LogP contribution in [0.4, 0.5) is 10.1 Å². The fraction of sp³-hybridized carbons (Fsp3) is 0.0769. The van der Waals surface area contributed by atoms with E-state index in [-0.39, 0.29) is 5.82 Å². The monoisotopic (exact) mass is 242 g/mol. The second-order valence-electron chi connectivity index (χ2n) is 4.14. The molecule has 0 aliphatic rings. The molecule has 0 aliphatic carbocycles. The Morgan fingerprint density at radius 1 is 1.28 bits per heavy atom. The van der Waals surface area contributed by atoms with Crippen LogP contribution in [0.3, 0.4) is 0 Å². The molecule has 0 saturated heterocycles. The van der Waals surface area contributed by atoms with Crippen molar-refractivity contribution in [2.24, 2.45) is 0 Å². The maximum atomic E-state index is 13.3. The molecule has 0 radical (unpaired) electrons. The van der Waals surface area contributed by atoms with E-state index in [2.05, 4.69) is 10.1 Å². The van der Waals surface area contributed by atoms with Gasteiger partial charge in [0, 0.05) is 11.1 Å². The number of aromatic nitrogens is 3. The Morgan fingerprint density at radius 2 is 2.11 bits per heavy atom. The zero-order valence-electron chi connectivity index (χ0n) is 9.76. The standard InChI is InChI=1S/C13H11FN4/c1-8-6-17-18-12(11(15)7-16-13(8)18)9-3-2-4-10(14)5-9/h2-7H,15H2,1H3. The number of nitrogens with two attached hydrogens (primary N) is 1. The lowest BCUT2D eigenvalue weighted by Crippen LogP contribution is -2.02. The first-order valence-electron chi connectivity index (χ1n) is 5.51. The van der Waals surface area contributed by atoms with Gasteiger partial charge in [0.25, 0.3) is 0 Å². The summed E-state index contributed by atoms with van der Waals surface area (Å²) in [5.74, 6) is -0.305. The van der Waals surface area contributed by atoms with Crippen molar-refractivity contribution in [1.29, 1.82) is 0 Å². The summed E-state index contributed by atoms with van der Waals surface area (Å²) < 4.78 is 14.9. The summed E-state index contributed by atoms with van der Waals surface area (Å²) in [5.41, 5.74) is 9.42. The maximum Gasteiger partial charge on any atom is 0.158 e. The third-order valence-corrected chi connectivity index (χ3v) is 2.83. The molecule has 90 valence electrons. The highest BCUT2D eigenvalue weighted by Gasteiger charge is 2.12. The molecule has 5 heteroatoms. The van der Waals surface area contributed by atoms with Gasteiger partial charge in [-0.25, -0.2) is 13.9 Å². The van der Waals surface area contributed by atoms with Crippen molar-refractivity contribution < 1.29 is 4.39 Å². The number of nitrogen functional groups attached to an aromatic ring is 1. The molecule has 2 aromatic heterocycles. The third-order valence-electron chi connectivity index (χ3n) is 2.83. The van der Waals surface area contributed by atoms with Crippen molar-refractivity contribution in [3.8, 4) is 11.3 Å². The number of hydrogen-bond donors (Lipinski definition) is 1. The predicted molar refractivity (Wildman–Crippen MR) is 67.5 cm³/mol. The number of rotatable bonds is 1. The van der Waals surface area contributed by atoms with Crippen molar-refractivity contribution in [3.05, 3.63) is 48.0 Å². The highest BCUT2D eigenvalue weighted by molar-refractivity contribution is 5.75. The quantitative estimate of drug-likeness (QED) is 0.713. The molecule has 3 rings (SSSR count). The zero-order chi connectivity index (χ0) is 12.7. The number of aryl methyl sites for hydroxylation is 1. The van der Waals surface area contributed by atoms with E-state index in [1.807, 2.05) is 6.92 Å². The Morgan fingerprint density at radius 3 is 2.89 bits per heavy atom. The smallest absolute Gasteiger partial charge is 0.158 e. The van der Waals surface area contributed by atoms with Gasteiger partial charge < -0.3 is 5.73 Å². The second-order valence-corrected chi connectivity index (χ2v) is 4.14. The first-order chi connectivity index (χ1) is 8.66. The van der Waals surface area contributed by atoms with E-state index in [1.54, 1.807) is 29.0 Å². The Balaban J connectivity index is 2.37. The van der Waals surface area contributed by atoms with Crippen LogP contribution in [0.1, 0.15) is 5.56 Å². The van der Waals surface area contributed by atoms with Crippen LogP contribution in [0.2, 0.25) is 0 Å². The number of anilines is 1. The number of hydrogen-bond acceptors (Lipinski definition) is 3. The highest BCUT2D eigenvalue weighted by Crippen LogP contribution is 2.26. The molecule has 0 saturated carbocycles. The van der Waals surface area contributed by atoms with Gasteiger partial charge in [-0.05, 0) is 19.1 Å². The first kappa shape index (κ1) is 10.7. The lowest BCUT2D eigenvalue weighted by atomic mass is 10.1. The van der Waals surface area contributed by atoms with Crippen LogP contribution in [-0.2, 0) is 0 Å². The van der Waals surface area contributed by atoms with E-state index in [9.17, 15) is 4.39 Å². The van der Waals surface area contributed by atoms with Gasteiger partial charge in [0.05, 0.1) is 23.8 Å². The normalized spacial score (nSPS) is 11.0. The van der Waals surface area contributed by atoms with E-state index in [0.29, 0.717) is 16.9 Å². The van der Waals surface area contributed by atoms with Crippen LogP contribution in [-0.4, -0.2) is 14.6 Å². The fourth-order valence-corrected chi connectivity index (χ4v) is 1.98. The Hall–Kier alpha value is -2.43. The average molecular weight is 242 g/mol. The van der Waals surface area contributed by atoms with Crippen LogP contribution in [0.5, 0.6) is 0 Å².